The number of aromatic nitrogens is 1. The third-order valence-corrected chi connectivity index (χ3v) is 4.13. The van der Waals surface area contributed by atoms with Crippen molar-refractivity contribution >= 4 is 11.6 Å². The molecule has 1 aliphatic heterocycles. The van der Waals surface area contributed by atoms with Gasteiger partial charge in [0.2, 0.25) is 0 Å². The molecule has 3 heteroatoms. The average Bonchev–Trinajstić information content (AvgIpc) is 2.33. The van der Waals surface area contributed by atoms with Crippen LogP contribution in [0.2, 0.25) is 0 Å². The molecule has 2 heterocycles. The van der Waals surface area contributed by atoms with E-state index in [1.165, 1.54) is 24.1 Å². The molecule has 94 valence electrons. The summed E-state index contributed by atoms with van der Waals surface area (Å²) < 4.78 is 0. The maximum atomic E-state index is 6.16. The second-order valence-corrected chi connectivity index (χ2v) is 5.75. The second kappa shape index (κ2) is 5.83. The standard InChI is InChI=1S/C14H21ClN2/c1-11-4-3-7-16-14(11)10-17-8-5-13(6-9-17)12(2)15/h3-4,7,12-13H,5-6,8-10H2,1-2H3. The fourth-order valence-corrected chi connectivity index (χ4v) is 2.72. The average molecular weight is 253 g/mol. The summed E-state index contributed by atoms with van der Waals surface area (Å²) in [6.07, 6.45) is 4.32. The van der Waals surface area contributed by atoms with E-state index in [1.54, 1.807) is 0 Å². The topological polar surface area (TPSA) is 16.1 Å². The summed E-state index contributed by atoms with van der Waals surface area (Å²) in [7, 11) is 0. The maximum Gasteiger partial charge on any atom is 0.0573 e. The van der Waals surface area contributed by atoms with Crippen molar-refractivity contribution in [2.75, 3.05) is 13.1 Å². The van der Waals surface area contributed by atoms with Gasteiger partial charge in [0.05, 0.1) is 5.69 Å². The van der Waals surface area contributed by atoms with Crippen LogP contribution in [0.5, 0.6) is 0 Å². The lowest BCUT2D eigenvalue weighted by Crippen LogP contribution is -2.35. The van der Waals surface area contributed by atoms with Crippen LogP contribution in [0, 0.1) is 12.8 Å². The monoisotopic (exact) mass is 252 g/mol. The Kier molecular flexibility index (Phi) is 4.41. The van der Waals surface area contributed by atoms with Crippen LogP contribution in [0.15, 0.2) is 18.3 Å². The minimum Gasteiger partial charge on any atom is -0.297 e. The molecule has 0 aliphatic carbocycles. The lowest BCUT2D eigenvalue weighted by molar-refractivity contribution is 0.174. The molecular weight excluding hydrogens is 232 g/mol. The Labute approximate surface area is 109 Å². The van der Waals surface area contributed by atoms with Crippen LogP contribution in [0.1, 0.15) is 31.0 Å². The highest BCUT2D eigenvalue weighted by Gasteiger charge is 2.22. The Balaban J connectivity index is 1.88. The van der Waals surface area contributed by atoms with E-state index in [1.807, 2.05) is 12.3 Å². The molecule has 2 nitrogen and oxygen atoms in total. The predicted octanol–water partition coefficient (Wildman–Crippen LogP) is 3.23. The van der Waals surface area contributed by atoms with Crippen molar-refractivity contribution in [3.05, 3.63) is 29.6 Å². The van der Waals surface area contributed by atoms with Crippen LogP contribution in [-0.4, -0.2) is 28.4 Å². The Morgan fingerprint density at radius 1 is 1.47 bits per heavy atom. The van der Waals surface area contributed by atoms with Crippen LogP contribution < -0.4 is 0 Å². The van der Waals surface area contributed by atoms with Crippen LogP contribution in [0.3, 0.4) is 0 Å². The molecule has 2 rings (SSSR count). The third kappa shape index (κ3) is 3.43. The number of nitrogens with zero attached hydrogens (tertiary/aromatic N) is 2. The zero-order valence-corrected chi connectivity index (χ0v) is 11.5. The van der Waals surface area contributed by atoms with Crippen molar-refractivity contribution in [1.29, 1.82) is 0 Å². The molecule has 1 atom stereocenters. The Bertz CT molecular complexity index is 357. The fraction of sp³-hybridized carbons (Fsp3) is 0.643. The molecule has 17 heavy (non-hydrogen) atoms. The van der Waals surface area contributed by atoms with Gasteiger partial charge in [0.15, 0.2) is 0 Å². The zero-order chi connectivity index (χ0) is 12.3. The normalized spacial score (nSPS) is 20.4. The quantitative estimate of drug-likeness (QED) is 0.768. The summed E-state index contributed by atoms with van der Waals surface area (Å²) in [5.74, 6) is 0.692. The lowest BCUT2D eigenvalue weighted by atomic mass is 9.94. The molecule has 0 amide bonds. The molecule has 0 spiro atoms. The van der Waals surface area contributed by atoms with Crippen molar-refractivity contribution < 1.29 is 0 Å². The van der Waals surface area contributed by atoms with E-state index in [2.05, 4.69) is 29.8 Å². The summed E-state index contributed by atoms with van der Waals surface area (Å²) in [4.78, 5) is 6.95. The maximum absolute atomic E-state index is 6.16. The number of pyridine rings is 1. The van der Waals surface area contributed by atoms with Gasteiger partial charge in [-0.05, 0) is 57.3 Å². The summed E-state index contributed by atoms with van der Waals surface area (Å²) in [5.41, 5.74) is 2.50. The molecule has 1 unspecified atom stereocenters. The molecule has 0 radical (unpaired) electrons. The van der Waals surface area contributed by atoms with E-state index in [0.717, 1.165) is 19.6 Å². The highest BCUT2D eigenvalue weighted by Crippen LogP contribution is 2.24. The van der Waals surface area contributed by atoms with Gasteiger partial charge in [-0.1, -0.05) is 6.07 Å². The summed E-state index contributed by atoms with van der Waals surface area (Å²) in [6.45, 7) is 7.53. The van der Waals surface area contributed by atoms with Crippen molar-refractivity contribution in [2.45, 2.75) is 38.6 Å². The number of piperidine rings is 1. The third-order valence-electron chi connectivity index (χ3n) is 3.77. The first-order valence-electron chi connectivity index (χ1n) is 6.43. The molecule has 1 aliphatic rings. The summed E-state index contributed by atoms with van der Waals surface area (Å²) >= 11 is 6.16. The molecular formula is C14H21ClN2. The summed E-state index contributed by atoms with van der Waals surface area (Å²) in [5, 5.41) is 0.314. The smallest absolute Gasteiger partial charge is 0.0573 e. The van der Waals surface area contributed by atoms with Crippen molar-refractivity contribution in [3.8, 4) is 0 Å². The number of hydrogen-bond donors (Lipinski definition) is 0. The van der Waals surface area contributed by atoms with Gasteiger partial charge in [-0.3, -0.25) is 9.88 Å². The zero-order valence-electron chi connectivity index (χ0n) is 10.7. The molecule has 0 N–H and O–H groups in total. The molecule has 1 aromatic heterocycles. The highest BCUT2D eigenvalue weighted by molar-refractivity contribution is 6.20. The second-order valence-electron chi connectivity index (χ2n) is 5.06. The largest absolute Gasteiger partial charge is 0.297 e. The molecule has 0 bridgehead atoms. The number of hydrogen-bond acceptors (Lipinski definition) is 2. The van der Waals surface area contributed by atoms with Crippen molar-refractivity contribution in [3.63, 3.8) is 0 Å². The first kappa shape index (κ1) is 12.8. The van der Waals surface area contributed by atoms with Gasteiger partial charge in [-0.2, -0.15) is 0 Å². The number of aryl methyl sites for hydroxylation is 1. The lowest BCUT2D eigenvalue weighted by Gasteiger charge is -2.33. The molecule has 1 saturated heterocycles. The minimum atomic E-state index is 0.314. The summed E-state index contributed by atoms with van der Waals surface area (Å²) in [6, 6.07) is 4.14. The first-order valence-corrected chi connectivity index (χ1v) is 6.87. The van der Waals surface area contributed by atoms with E-state index in [9.17, 15) is 0 Å². The number of alkyl halides is 1. The minimum absolute atomic E-state index is 0.314. The number of likely N-dealkylation sites (tertiary alicyclic amines) is 1. The van der Waals surface area contributed by atoms with Crippen LogP contribution >= 0.6 is 11.6 Å². The van der Waals surface area contributed by atoms with E-state index in [0.29, 0.717) is 11.3 Å². The van der Waals surface area contributed by atoms with Gasteiger partial charge in [0.1, 0.15) is 0 Å². The van der Waals surface area contributed by atoms with Gasteiger partial charge in [-0.15, -0.1) is 11.6 Å². The Morgan fingerprint density at radius 3 is 2.76 bits per heavy atom. The highest BCUT2D eigenvalue weighted by atomic mass is 35.5. The number of rotatable bonds is 3. The van der Waals surface area contributed by atoms with Crippen molar-refractivity contribution in [2.24, 2.45) is 5.92 Å². The SMILES string of the molecule is Cc1cccnc1CN1CCC(C(C)Cl)CC1. The molecule has 1 fully saturated rings. The van der Waals surface area contributed by atoms with Crippen LogP contribution in [-0.2, 0) is 6.54 Å². The Hall–Kier alpha value is -0.600. The number of halogens is 1. The van der Waals surface area contributed by atoms with Gasteiger partial charge < -0.3 is 0 Å². The fourth-order valence-electron chi connectivity index (χ4n) is 2.47. The first-order chi connectivity index (χ1) is 8.16. The van der Waals surface area contributed by atoms with E-state index >= 15 is 0 Å². The molecule has 1 aromatic rings. The van der Waals surface area contributed by atoms with E-state index in [-0.39, 0.29) is 0 Å². The van der Waals surface area contributed by atoms with E-state index in [4.69, 9.17) is 11.6 Å². The van der Waals surface area contributed by atoms with Crippen LogP contribution in [0.4, 0.5) is 0 Å². The van der Waals surface area contributed by atoms with Gasteiger partial charge in [-0.25, -0.2) is 0 Å². The Morgan fingerprint density at radius 2 is 2.18 bits per heavy atom. The van der Waals surface area contributed by atoms with Crippen LogP contribution in [0.25, 0.3) is 0 Å². The molecule has 0 aromatic carbocycles. The van der Waals surface area contributed by atoms with Gasteiger partial charge in [0.25, 0.3) is 0 Å². The van der Waals surface area contributed by atoms with Crippen molar-refractivity contribution in [1.82, 2.24) is 9.88 Å². The van der Waals surface area contributed by atoms with Gasteiger partial charge in [0, 0.05) is 18.1 Å². The van der Waals surface area contributed by atoms with E-state index < -0.39 is 0 Å². The predicted molar refractivity (Wildman–Crippen MR) is 72.3 cm³/mol. The van der Waals surface area contributed by atoms with Gasteiger partial charge >= 0.3 is 0 Å². The molecule has 0 saturated carbocycles.